The van der Waals surface area contributed by atoms with Crippen molar-refractivity contribution in [3.63, 3.8) is 0 Å². The third kappa shape index (κ3) is 2.98. The van der Waals surface area contributed by atoms with E-state index >= 15 is 0 Å². The van der Waals surface area contributed by atoms with Crippen molar-refractivity contribution in [2.45, 2.75) is 33.2 Å². The summed E-state index contributed by atoms with van der Waals surface area (Å²) in [6, 6.07) is 5.41. The van der Waals surface area contributed by atoms with Crippen molar-refractivity contribution >= 4 is 22.6 Å². The fraction of sp³-hybridized carbons (Fsp3) is 0.412. The van der Waals surface area contributed by atoms with Crippen LogP contribution in [0.3, 0.4) is 0 Å². The predicted molar refractivity (Wildman–Crippen MR) is 86.3 cm³/mol. The van der Waals surface area contributed by atoms with Crippen molar-refractivity contribution in [3.8, 4) is 5.75 Å². The molecule has 0 atom stereocenters. The first kappa shape index (κ1) is 16.1. The lowest BCUT2D eigenvalue weighted by molar-refractivity contribution is -0.128. The second-order valence-electron chi connectivity index (χ2n) is 5.54. The molecule has 2 aromatic rings. The van der Waals surface area contributed by atoms with Crippen LogP contribution in [0.1, 0.15) is 37.6 Å². The Morgan fingerprint density at radius 2 is 2.05 bits per heavy atom. The monoisotopic (exact) mass is 302 g/mol. The van der Waals surface area contributed by atoms with Gasteiger partial charge in [-0.15, -0.1) is 0 Å². The number of nitrogens with one attached hydrogen (secondary N) is 1. The van der Waals surface area contributed by atoms with E-state index in [0.717, 1.165) is 11.9 Å². The minimum absolute atomic E-state index is 0.00357. The molecule has 0 radical (unpaired) electrons. The molecule has 5 nitrogen and oxygen atoms in total. The van der Waals surface area contributed by atoms with Crippen LogP contribution in [-0.4, -0.2) is 41.3 Å². The number of benzene rings is 1. The normalized spacial score (nSPS) is 11.0. The molecule has 0 aliphatic rings. The lowest BCUT2D eigenvalue weighted by atomic mass is 10.1. The second kappa shape index (κ2) is 6.64. The van der Waals surface area contributed by atoms with E-state index in [0.29, 0.717) is 23.2 Å². The lowest BCUT2D eigenvalue weighted by Gasteiger charge is -2.25. The van der Waals surface area contributed by atoms with Gasteiger partial charge < -0.3 is 14.6 Å². The highest BCUT2D eigenvalue weighted by Crippen LogP contribution is 2.24. The van der Waals surface area contributed by atoms with Crippen LogP contribution in [-0.2, 0) is 4.79 Å². The molecule has 118 valence electrons. The molecule has 1 N–H and O–H groups in total. The molecule has 0 fully saturated rings. The zero-order valence-electron chi connectivity index (χ0n) is 13.5. The summed E-state index contributed by atoms with van der Waals surface area (Å²) in [6.45, 7) is 6.40. The Labute approximate surface area is 130 Å². The van der Waals surface area contributed by atoms with Crippen molar-refractivity contribution in [1.29, 1.82) is 0 Å². The molecule has 22 heavy (non-hydrogen) atoms. The van der Waals surface area contributed by atoms with E-state index in [1.54, 1.807) is 24.3 Å². The van der Waals surface area contributed by atoms with Crippen molar-refractivity contribution in [3.05, 3.63) is 30.0 Å². The molecule has 1 aromatic heterocycles. The Kier molecular flexibility index (Phi) is 4.85. The standard InChI is InChI=1S/C17H22N2O3/c1-5-8-19(11(2)3)17(21)16(20)14-10-18-15-7-6-12(22-4)9-13(14)15/h6-7,9-11,18H,5,8H2,1-4H3. The molecule has 0 bridgehead atoms. The van der Waals surface area contributed by atoms with Crippen molar-refractivity contribution in [1.82, 2.24) is 9.88 Å². The molecule has 0 spiro atoms. The number of amides is 1. The molecule has 2 rings (SSSR count). The van der Waals surface area contributed by atoms with Gasteiger partial charge in [-0.3, -0.25) is 9.59 Å². The van der Waals surface area contributed by atoms with E-state index in [1.165, 1.54) is 0 Å². The first-order chi connectivity index (χ1) is 10.5. The number of nitrogens with zero attached hydrogens (tertiary/aromatic N) is 1. The zero-order valence-corrected chi connectivity index (χ0v) is 13.5. The van der Waals surface area contributed by atoms with Gasteiger partial charge in [-0.25, -0.2) is 0 Å². The van der Waals surface area contributed by atoms with Crippen LogP contribution in [0.2, 0.25) is 0 Å². The number of aromatic amines is 1. The van der Waals surface area contributed by atoms with Crippen LogP contribution < -0.4 is 4.74 Å². The smallest absolute Gasteiger partial charge is 0.295 e. The number of hydrogen-bond acceptors (Lipinski definition) is 3. The Hall–Kier alpha value is -2.30. The molecule has 0 saturated carbocycles. The average Bonchev–Trinajstić information content (AvgIpc) is 2.93. The lowest BCUT2D eigenvalue weighted by Crippen LogP contribution is -2.41. The van der Waals surface area contributed by atoms with Crippen LogP contribution >= 0.6 is 0 Å². The van der Waals surface area contributed by atoms with E-state index < -0.39 is 11.7 Å². The summed E-state index contributed by atoms with van der Waals surface area (Å²) in [5.74, 6) is -0.287. The van der Waals surface area contributed by atoms with E-state index in [-0.39, 0.29) is 6.04 Å². The van der Waals surface area contributed by atoms with Crippen LogP contribution in [0.5, 0.6) is 5.75 Å². The highest BCUT2D eigenvalue weighted by atomic mass is 16.5. The van der Waals surface area contributed by atoms with Crippen molar-refractivity contribution in [2.75, 3.05) is 13.7 Å². The first-order valence-electron chi connectivity index (χ1n) is 7.50. The van der Waals surface area contributed by atoms with Gasteiger partial charge in [-0.1, -0.05) is 6.92 Å². The summed E-state index contributed by atoms with van der Waals surface area (Å²) in [4.78, 5) is 29.7. The molecular weight excluding hydrogens is 280 g/mol. The molecular formula is C17H22N2O3. The quantitative estimate of drug-likeness (QED) is 0.659. The Morgan fingerprint density at radius 3 is 2.64 bits per heavy atom. The molecule has 1 amide bonds. The topological polar surface area (TPSA) is 62.4 Å². The number of aromatic nitrogens is 1. The van der Waals surface area contributed by atoms with Crippen LogP contribution in [0.25, 0.3) is 10.9 Å². The van der Waals surface area contributed by atoms with Gasteiger partial charge in [-0.05, 0) is 38.5 Å². The number of ketones is 1. The Morgan fingerprint density at radius 1 is 1.32 bits per heavy atom. The van der Waals surface area contributed by atoms with Crippen molar-refractivity contribution < 1.29 is 14.3 Å². The number of methoxy groups -OCH3 is 1. The summed E-state index contributed by atoms with van der Waals surface area (Å²) >= 11 is 0. The van der Waals surface area contributed by atoms with Gasteiger partial charge in [0.05, 0.1) is 12.7 Å². The molecule has 5 heteroatoms. The molecule has 1 aromatic carbocycles. The fourth-order valence-electron chi connectivity index (χ4n) is 2.50. The first-order valence-corrected chi connectivity index (χ1v) is 7.50. The highest BCUT2D eigenvalue weighted by Gasteiger charge is 2.26. The van der Waals surface area contributed by atoms with E-state index in [9.17, 15) is 9.59 Å². The third-order valence-corrected chi connectivity index (χ3v) is 3.68. The van der Waals surface area contributed by atoms with E-state index in [4.69, 9.17) is 4.74 Å². The summed E-state index contributed by atoms with van der Waals surface area (Å²) in [5.41, 5.74) is 1.20. The van der Waals surface area contributed by atoms with Gasteiger partial charge in [0.1, 0.15) is 5.75 Å². The van der Waals surface area contributed by atoms with Gasteiger partial charge in [0, 0.05) is 29.7 Å². The van der Waals surface area contributed by atoms with Crippen LogP contribution in [0.4, 0.5) is 0 Å². The fourth-order valence-corrected chi connectivity index (χ4v) is 2.50. The molecule has 1 heterocycles. The number of fused-ring (bicyclic) bond motifs is 1. The molecule has 0 aliphatic heterocycles. The summed E-state index contributed by atoms with van der Waals surface area (Å²) in [6.07, 6.45) is 2.41. The van der Waals surface area contributed by atoms with E-state index in [1.807, 2.05) is 32.9 Å². The Balaban J connectivity index is 2.38. The zero-order chi connectivity index (χ0) is 16.3. The van der Waals surface area contributed by atoms with Crippen LogP contribution in [0, 0.1) is 0 Å². The molecule has 0 saturated heterocycles. The summed E-state index contributed by atoms with van der Waals surface area (Å²) < 4.78 is 5.19. The van der Waals surface area contributed by atoms with Gasteiger partial charge in [0.15, 0.2) is 0 Å². The Bertz CT molecular complexity index is 688. The number of ether oxygens (including phenoxy) is 1. The number of rotatable bonds is 6. The maximum absolute atomic E-state index is 12.6. The predicted octanol–water partition coefficient (Wildman–Crippen LogP) is 3.01. The SMILES string of the molecule is CCCN(C(=O)C(=O)c1c[nH]c2ccc(OC)cc12)C(C)C. The maximum atomic E-state index is 12.6. The van der Waals surface area contributed by atoms with E-state index in [2.05, 4.69) is 4.98 Å². The largest absolute Gasteiger partial charge is 0.497 e. The molecule has 0 unspecified atom stereocenters. The second-order valence-corrected chi connectivity index (χ2v) is 5.54. The average molecular weight is 302 g/mol. The van der Waals surface area contributed by atoms with Gasteiger partial charge in [0.25, 0.3) is 11.7 Å². The number of Topliss-reactive ketones (excluding diaryl/α,β-unsaturated/α-hetero) is 1. The van der Waals surface area contributed by atoms with Crippen molar-refractivity contribution in [2.24, 2.45) is 0 Å². The minimum Gasteiger partial charge on any atom is -0.497 e. The number of H-pyrrole nitrogens is 1. The number of hydrogen-bond donors (Lipinski definition) is 1. The van der Waals surface area contributed by atoms with Gasteiger partial charge >= 0.3 is 0 Å². The number of carbonyl (C=O) groups excluding carboxylic acids is 2. The van der Waals surface area contributed by atoms with Crippen LogP contribution in [0.15, 0.2) is 24.4 Å². The van der Waals surface area contributed by atoms with Gasteiger partial charge in [0.2, 0.25) is 0 Å². The number of carbonyl (C=O) groups is 2. The maximum Gasteiger partial charge on any atom is 0.295 e. The minimum atomic E-state index is -0.485. The van der Waals surface area contributed by atoms with Gasteiger partial charge in [-0.2, -0.15) is 0 Å². The summed E-state index contributed by atoms with van der Waals surface area (Å²) in [7, 11) is 1.57. The highest BCUT2D eigenvalue weighted by molar-refractivity contribution is 6.44. The molecule has 0 aliphatic carbocycles. The summed E-state index contributed by atoms with van der Waals surface area (Å²) in [5, 5.41) is 0.706. The third-order valence-electron chi connectivity index (χ3n) is 3.68.